The normalized spacial score (nSPS) is 12.2. The van der Waals surface area contributed by atoms with Gasteiger partial charge in [-0.25, -0.2) is 9.59 Å². The molecule has 0 aliphatic rings. The number of benzene rings is 2. The number of aliphatic carboxylic acids is 1. The fourth-order valence-corrected chi connectivity index (χ4v) is 3.09. The molecule has 2 N–H and O–H groups in total. The van der Waals surface area contributed by atoms with E-state index in [0.717, 1.165) is 4.68 Å². The number of nitrogens with one attached hydrogen (secondary N) is 1. The van der Waals surface area contributed by atoms with E-state index in [4.69, 9.17) is 14.6 Å². The van der Waals surface area contributed by atoms with Crippen LogP contribution < -0.4 is 20.7 Å². The number of H-pyrrole nitrogens is 1. The molecule has 0 saturated carbocycles. The lowest BCUT2D eigenvalue weighted by molar-refractivity contribution is -0.144. The van der Waals surface area contributed by atoms with Crippen molar-refractivity contribution in [1.29, 1.82) is 0 Å². The second kappa shape index (κ2) is 8.31. The Morgan fingerprint density at radius 1 is 1.31 bits per heavy atom. The quantitative estimate of drug-likeness (QED) is 0.542. The first kappa shape index (κ1) is 20.3. The van der Waals surface area contributed by atoms with Crippen molar-refractivity contribution in [2.45, 2.75) is 13.0 Å². The van der Waals surface area contributed by atoms with Gasteiger partial charge in [0.2, 0.25) is 0 Å². The molecular weight excluding hydrogens is 446 g/mol. The lowest BCUT2D eigenvalue weighted by Crippen LogP contribution is -2.32. The smallest absolute Gasteiger partial charge is 0.349 e. The highest BCUT2D eigenvalue weighted by Gasteiger charge is 2.18. The van der Waals surface area contributed by atoms with Crippen LogP contribution in [0.4, 0.5) is 0 Å². The molecule has 10 heteroatoms. The summed E-state index contributed by atoms with van der Waals surface area (Å²) in [5.74, 6) is -0.659. The molecule has 0 aliphatic heterocycles. The maximum Gasteiger partial charge on any atom is 0.349 e. The van der Waals surface area contributed by atoms with E-state index >= 15 is 0 Å². The third kappa shape index (κ3) is 4.21. The molecule has 0 fully saturated rings. The summed E-state index contributed by atoms with van der Waals surface area (Å²) in [5, 5.41) is 13.3. The average Bonchev–Trinajstić information content (AvgIpc) is 2.69. The summed E-state index contributed by atoms with van der Waals surface area (Å²) < 4.78 is 11.8. The minimum Gasteiger partial charge on any atom is -0.493 e. The molecule has 0 radical (unpaired) electrons. The van der Waals surface area contributed by atoms with Gasteiger partial charge in [0.25, 0.3) is 5.56 Å². The molecule has 3 rings (SSSR count). The lowest BCUT2D eigenvalue weighted by Gasteiger charge is -2.15. The number of nitrogens with zero attached hydrogens (tertiary/aromatic N) is 2. The Balaban J connectivity index is 2.01. The first-order chi connectivity index (χ1) is 13.8. The van der Waals surface area contributed by atoms with Gasteiger partial charge in [0.15, 0.2) is 17.6 Å². The van der Waals surface area contributed by atoms with Crippen LogP contribution >= 0.6 is 15.9 Å². The highest BCUT2D eigenvalue weighted by atomic mass is 79.9. The van der Waals surface area contributed by atoms with Crippen LogP contribution in [0.15, 0.2) is 55.6 Å². The number of para-hydroxylation sites is 1. The molecule has 0 spiro atoms. The Hall–Kier alpha value is -3.40. The summed E-state index contributed by atoms with van der Waals surface area (Å²) in [6.07, 6.45) is 0.220. The third-order valence-electron chi connectivity index (χ3n) is 4.00. The number of hydrogen-bond acceptors (Lipinski definition) is 6. The molecule has 150 valence electrons. The molecule has 1 atom stereocenters. The molecule has 0 amide bonds. The minimum absolute atomic E-state index is 0.209. The molecule has 29 heavy (non-hydrogen) atoms. The van der Waals surface area contributed by atoms with Gasteiger partial charge in [-0.05, 0) is 52.7 Å². The molecule has 0 aliphatic carbocycles. The Morgan fingerprint density at radius 2 is 2.03 bits per heavy atom. The van der Waals surface area contributed by atoms with E-state index in [0.29, 0.717) is 20.9 Å². The van der Waals surface area contributed by atoms with Gasteiger partial charge in [-0.3, -0.25) is 4.79 Å². The van der Waals surface area contributed by atoms with Gasteiger partial charge in [0, 0.05) is 0 Å². The number of fused-ring (bicyclic) bond motifs is 1. The third-order valence-corrected chi connectivity index (χ3v) is 4.59. The first-order valence-electron chi connectivity index (χ1n) is 8.37. The summed E-state index contributed by atoms with van der Waals surface area (Å²) in [6, 6.07) is 9.76. The van der Waals surface area contributed by atoms with Gasteiger partial charge in [0.05, 0.1) is 28.7 Å². The number of aromatic nitrogens is 2. The Morgan fingerprint density at radius 3 is 2.72 bits per heavy atom. The van der Waals surface area contributed by atoms with Crippen molar-refractivity contribution in [3.05, 3.63) is 67.3 Å². The van der Waals surface area contributed by atoms with Crippen LogP contribution in [-0.2, 0) is 4.79 Å². The van der Waals surface area contributed by atoms with E-state index in [-0.39, 0.29) is 11.5 Å². The Bertz CT molecular complexity index is 1230. The van der Waals surface area contributed by atoms with Crippen molar-refractivity contribution in [3.8, 4) is 11.5 Å². The highest BCUT2D eigenvalue weighted by Crippen LogP contribution is 2.37. The van der Waals surface area contributed by atoms with Crippen LogP contribution in [0.1, 0.15) is 12.5 Å². The molecule has 0 bridgehead atoms. The molecule has 2 aromatic carbocycles. The van der Waals surface area contributed by atoms with Crippen LogP contribution in [0, 0.1) is 0 Å². The topological polar surface area (TPSA) is 123 Å². The van der Waals surface area contributed by atoms with Crippen LogP contribution in [-0.4, -0.2) is 40.2 Å². The van der Waals surface area contributed by atoms with Gasteiger partial charge in [0.1, 0.15) is 0 Å². The summed E-state index contributed by atoms with van der Waals surface area (Å²) in [6.45, 7) is 1.39. The maximum atomic E-state index is 12.5. The van der Waals surface area contributed by atoms with E-state index in [9.17, 15) is 14.4 Å². The van der Waals surface area contributed by atoms with E-state index in [1.165, 1.54) is 20.2 Å². The fraction of sp³-hybridized carbons (Fsp3) is 0.158. The summed E-state index contributed by atoms with van der Waals surface area (Å²) >= 11 is 3.31. The van der Waals surface area contributed by atoms with Crippen LogP contribution in [0.2, 0.25) is 0 Å². The van der Waals surface area contributed by atoms with E-state index in [1.54, 1.807) is 36.4 Å². The van der Waals surface area contributed by atoms with Gasteiger partial charge >= 0.3 is 11.7 Å². The zero-order valence-corrected chi connectivity index (χ0v) is 17.0. The van der Waals surface area contributed by atoms with Crippen LogP contribution in [0.5, 0.6) is 11.5 Å². The van der Waals surface area contributed by atoms with E-state index in [2.05, 4.69) is 26.0 Å². The monoisotopic (exact) mass is 461 g/mol. The number of hydrogen-bond donors (Lipinski definition) is 2. The van der Waals surface area contributed by atoms with Crippen molar-refractivity contribution in [2.24, 2.45) is 5.10 Å². The number of halogens is 1. The molecule has 1 heterocycles. The largest absolute Gasteiger partial charge is 0.493 e. The van der Waals surface area contributed by atoms with Crippen LogP contribution in [0.25, 0.3) is 10.9 Å². The zero-order valence-electron chi connectivity index (χ0n) is 15.4. The number of rotatable bonds is 6. The predicted molar refractivity (Wildman–Crippen MR) is 110 cm³/mol. The summed E-state index contributed by atoms with van der Waals surface area (Å²) in [4.78, 5) is 38.3. The summed E-state index contributed by atoms with van der Waals surface area (Å²) in [5.41, 5.74) is -0.316. The van der Waals surface area contributed by atoms with Crippen molar-refractivity contribution in [1.82, 2.24) is 9.66 Å². The lowest BCUT2D eigenvalue weighted by atomic mass is 10.2. The van der Waals surface area contributed by atoms with Gasteiger partial charge in [-0.2, -0.15) is 5.10 Å². The van der Waals surface area contributed by atoms with Crippen molar-refractivity contribution < 1.29 is 19.4 Å². The molecule has 0 unspecified atom stereocenters. The molecular formula is C19H16BrN3O6. The number of carbonyl (C=O) groups is 1. The number of ether oxygens (including phenoxy) is 2. The SMILES string of the molecule is COc1cc(C=Nn2c(=O)[nH]c3ccccc3c2=O)cc(Br)c1O[C@@H](C)C(=O)O. The van der Waals surface area contributed by atoms with Crippen LogP contribution in [0.3, 0.4) is 0 Å². The van der Waals surface area contributed by atoms with Crippen molar-refractivity contribution in [3.63, 3.8) is 0 Å². The zero-order chi connectivity index (χ0) is 21.1. The van der Waals surface area contributed by atoms with Crippen molar-refractivity contribution in [2.75, 3.05) is 7.11 Å². The predicted octanol–water partition coefficient (Wildman–Crippen LogP) is 2.19. The van der Waals surface area contributed by atoms with Crippen molar-refractivity contribution >= 4 is 39.0 Å². The number of carboxylic acid groups (broad SMARTS) is 1. The van der Waals surface area contributed by atoms with E-state index in [1.807, 2.05) is 0 Å². The van der Waals surface area contributed by atoms with Gasteiger partial charge in [-0.1, -0.05) is 12.1 Å². The second-order valence-corrected chi connectivity index (χ2v) is 6.82. The second-order valence-electron chi connectivity index (χ2n) is 5.97. The van der Waals surface area contributed by atoms with Gasteiger partial charge < -0.3 is 19.6 Å². The number of carboxylic acids is 1. The molecule has 3 aromatic rings. The minimum atomic E-state index is -1.13. The molecule has 0 saturated heterocycles. The standard InChI is InChI=1S/C19H16BrN3O6/c1-10(18(25)26)29-16-13(20)7-11(8-15(16)28-2)9-21-23-17(24)12-5-3-4-6-14(12)22-19(23)27/h3-10H,1-2H3,(H,22,27)(H,25,26)/t10-/m0/s1. The van der Waals surface area contributed by atoms with E-state index < -0.39 is 23.3 Å². The fourth-order valence-electron chi connectivity index (χ4n) is 2.54. The first-order valence-corrected chi connectivity index (χ1v) is 9.16. The maximum absolute atomic E-state index is 12.5. The Labute approximate surface area is 172 Å². The average molecular weight is 462 g/mol. The molecule has 9 nitrogen and oxygen atoms in total. The molecule has 1 aromatic heterocycles. The summed E-state index contributed by atoms with van der Waals surface area (Å²) in [7, 11) is 1.40. The highest BCUT2D eigenvalue weighted by molar-refractivity contribution is 9.10. The van der Waals surface area contributed by atoms with Gasteiger partial charge in [-0.15, -0.1) is 4.68 Å². The number of aromatic amines is 1. The number of methoxy groups -OCH3 is 1. The Kier molecular flexibility index (Phi) is 5.83.